The van der Waals surface area contributed by atoms with Gasteiger partial charge in [0, 0.05) is 22.8 Å². The molecule has 0 atom stereocenters. The molecule has 0 unspecified atom stereocenters. The van der Waals surface area contributed by atoms with Crippen LogP contribution in [0.3, 0.4) is 0 Å². The zero-order valence-electron chi connectivity index (χ0n) is 10.8. The van der Waals surface area contributed by atoms with Gasteiger partial charge in [0.1, 0.15) is 5.01 Å². The van der Waals surface area contributed by atoms with Gasteiger partial charge in [0.25, 0.3) is 0 Å². The maximum atomic E-state index is 5.82. The van der Waals surface area contributed by atoms with E-state index in [0.29, 0.717) is 0 Å². The number of nitrogen functional groups attached to an aromatic ring is 1. The highest BCUT2D eigenvalue weighted by atomic mass is 32.1. The first-order chi connectivity index (χ1) is 9.79. The molecule has 0 amide bonds. The number of nitrogens with zero attached hydrogens (tertiary/aromatic N) is 2. The monoisotopic (exact) mass is 279 g/mol. The molecule has 20 heavy (non-hydrogen) atoms. The molecule has 3 nitrogen and oxygen atoms in total. The van der Waals surface area contributed by atoms with Crippen LogP contribution >= 0.6 is 11.3 Å². The molecule has 0 aliphatic heterocycles. The summed E-state index contributed by atoms with van der Waals surface area (Å²) in [5.41, 5.74) is 8.89. The molecule has 2 aromatic heterocycles. The van der Waals surface area contributed by atoms with Crippen LogP contribution in [0.15, 0.2) is 54.7 Å². The van der Waals surface area contributed by atoms with Gasteiger partial charge in [-0.15, -0.1) is 11.3 Å². The molecule has 0 aliphatic carbocycles. The van der Waals surface area contributed by atoms with Gasteiger partial charge < -0.3 is 10.3 Å². The molecule has 2 heterocycles. The lowest BCUT2D eigenvalue weighted by molar-refractivity contribution is 0.831. The van der Waals surface area contributed by atoms with E-state index in [1.165, 1.54) is 15.6 Å². The van der Waals surface area contributed by atoms with E-state index in [1.54, 1.807) is 11.3 Å². The Hall–Kier alpha value is -2.33. The van der Waals surface area contributed by atoms with Crippen molar-refractivity contribution >= 4 is 38.1 Å². The molecule has 4 heteroatoms. The summed E-state index contributed by atoms with van der Waals surface area (Å²) in [4.78, 5) is 4.68. The van der Waals surface area contributed by atoms with Crippen LogP contribution in [0.4, 0.5) is 5.69 Å². The van der Waals surface area contributed by atoms with Gasteiger partial charge >= 0.3 is 0 Å². The summed E-state index contributed by atoms with van der Waals surface area (Å²) < 4.78 is 3.45. The topological polar surface area (TPSA) is 43.8 Å². The first kappa shape index (κ1) is 11.5. The number of benzene rings is 2. The summed E-state index contributed by atoms with van der Waals surface area (Å²) in [5, 5.41) is 2.30. The van der Waals surface area contributed by atoms with Gasteiger partial charge in [-0.25, -0.2) is 4.98 Å². The summed E-state index contributed by atoms with van der Waals surface area (Å²) in [5.74, 6) is 0. The minimum Gasteiger partial charge on any atom is -0.399 e. The Balaban J connectivity index is 1.76. The highest BCUT2D eigenvalue weighted by Crippen LogP contribution is 2.24. The largest absolute Gasteiger partial charge is 0.399 e. The fourth-order valence-electron chi connectivity index (χ4n) is 2.49. The molecule has 2 N–H and O–H groups in total. The molecule has 0 saturated carbocycles. The molecule has 0 aliphatic rings. The number of hydrogen-bond donors (Lipinski definition) is 1. The average Bonchev–Trinajstić information content (AvgIpc) is 3.02. The summed E-state index contributed by atoms with van der Waals surface area (Å²) >= 11 is 1.75. The molecule has 0 radical (unpaired) electrons. The van der Waals surface area contributed by atoms with Crippen LogP contribution in [-0.4, -0.2) is 9.55 Å². The van der Waals surface area contributed by atoms with Gasteiger partial charge in [0.15, 0.2) is 0 Å². The lowest BCUT2D eigenvalue weighted by Gasteiger charge is -2.02. The van der Waals surface area contributed by atoms with Gasteiger partial charge in [0.2, 0.25) is 0 Å². The second-order valence-corrected chi connectivity index (χ2v) is 5.95. The highest BCUT2D eigenvalue weighted by molar-refractivity contribution is 7.18. The molecular weight excluding hydrogens is 266 g/mol. The minimum atomic E-state index is 0.798. The van der Waals surface area contributed by atoms with Crippen molar-refractivity contribution in [1.29, 1.82) is 0 Å². The Bertz CT molecular complexity index is 871. The third-order valence-corrected chi connectivity index (χ3v) is 4.46. The summed E-state index contributed by atoms with van der Waals surface area (Å²) in [7, 11) is 0. The molecule has 0 fully saturated rings. The molecule has 0 bridgehead atoms. The van der Waals surface area contributed by atoms with E-state index in [-0.39, 0.29) is 0 Å². The number of thiazole rings is 1. The van der Waals surface area contributed by atoms with Crippen molar-refractivity contribution in [3.63, 3.8) is 0 Å². The minimum absolute atomic E-state index is 0.798. The molecule has 98 valence electrons. The zero-order chi connectivity index (χ0) is 13.5. The number of anilines is 1. The van der Waals surface area contributed by atoms with E-state index in [2.05, 4.69) is 46.1 Å². The average molecular weight is 279 g/mol. The molecular formula is C16H13N3S. The van der Waals surface area contributed by atoms with Crippen molar-refractivity contribution < 1.29 is 0 Å². The lowest BCUT2D eigenvalue weighted by atomic mass is 10.2. The Morgan fingerprint density at radius 3 is 2.90 bits per heavy atom. The van der Waals surface area contributed by atoms with Gasteiger partial charge in [-0.05, 0) is 36.4 Å². The number of rotatable bonds is 2. The van der Waals surface area contributed by atoms with E-state index in [4.69, 9.17) is 5.73 Å². The Kier molecular flexibility index (Phi) is 2.50. The van der Waals surface area contributed by atoms with Crippen molar-refractivity contribution in [2.24, 2.45) is 0 Å². The zero-order valence-corrected chi connectivity index (χ0v) is 11.6. The third kappa shape index (κ3) is 1.85. The van der Waals surface area contributed by atoms with Crippen LogP contribution in [0, 0.1) is 0 Å². The number of aromatic nitrogens is 2. The van der Waals surface area contributed by atoms with E-state index in [9.17, 15) is 0 Å². The number of para-hydroxylation sites is 1. The van der Waals surface area contributed by atoms with Crippen molar-refractivity contribution in [3.05, 3.63) is 59.7 Å². The number of fused-ring (bicyclic) bond motifs is 2. The Labute approximate surface area is 120 Å². The first-order valence-electron chi connectivity index (χ1n) is 6.48. The summed E-state index contributed by atoms with van der Waals surface area (Å²) in [6.45, 7) is 0.798. The van der Waals surface area contributed by atoms with Crippen molar-refractivity contribution in [3.8, 4) is 0 Å². The van der Waals surface area contributed by atoms with Crippen LogP contribution in [0.1, 0.15) is 5.01 Å². The van der Waals surface area contributed by atoms with Gasteiger partial charge in [0.05, 0.1) is 16.8 Å². The van der Waals surface area contributed by atoms with Crippen LogP contribution in [0.2, 0.25) is 0 Å². The SMILES string of the molecule is Nc1ccc2c(ccn2Cc2nc3ccccc3s2)c1. The van der Waals surface area contributed by atoms with Crippen molar-refractivity contribution in [2.75, 3.05) is 5.73 Å². The fraction of sp³-hybridized carbons (Fsp3) is 0.0625. The summed E-state index contributed by atoms with van der Waals surface area (Å²) in [6.07, 6.45) is 2.09. The van der Waals surface area contributed by atoms with E-state index >= 15 is 0 Å². The Morgan fingerprint density at radius 1 is 1.10 bits per heavy atom. The Morgan fingerprint density at radius 2 is 2.00 bits per heavy atom. The highest BCUT2D eigenvalue weighted by Gasteiger charge is 2.06. The third-order valence-electron chi connectivity index (χ3n) is 3.44. The van der Waals surface area contributed by atoms with Crippen molar-refractivity contribution in [2.45, 2.75) is 6.54 Å². The van der Waals surface area contributed by atoms with Crippen LogP contribution in [0.5, 0.6) is 0 Å². The normalized spacial score (nSPS) is 11.4. The van der Waals surface area contributed by atoms with Gasteiger partial charge in [-0.3, -0.25) is 0 Å². The second kappa shape index (κ2) is 4.35. The molecule has 0 spiro atoms. The van der Waals surface area contributed by atoms with Crippen molar-refractivity contribution in [1.82, 2.24) is 9.55 Å². The molecule has 4 aromatic rings. The maximum absolute atomic E-state index is 5.82. The molecule has 0 saturated heterocycles. The molecule has 2 aromatic carbocycles. The number of nitrogens with two attached hydrogens (primary N) is 1. The predicted octanol–water partition coefficient (Wildman–Crippen LogP) is 3.88. The predicted molar refractivity (Wildman–Crippen MR) is 85.1 cm³/mol. The molecule has 4 rings (SSSR count). The van der Waals surface area contributed by atoms with E-state index in [0.717, 1.165) is 22.8 Å². The van der Waals surface area contributed by atoms with Crippen LogP contribution < -0.4 is 5.73 Å². The van der Waals surface area contributed by atoms with Gasteiger partial charge in [-0.2, -0.15) is 0 Å². The van der Waals surface area contributed by atoms with E-state index < -0.39 is 0 Å². The quantitative estimate of drug-likeness (QED) is 0.566. The second-order valence-electron chi connectivity index (χ2n) is 4.84. The summed E-state index contributed by atoms with van der Waals surface area (Å²) in [6, 6.07) is 16.4. The standard InChI is InChI=1S/C16H13N3S/c17-12-5-6-14-11(9-12)7-8-19(14)10-16-18-13-3-1-2-4-15(13)20-16/h1-9H,10,17H2. The van der Waals surface area contributed by atoms with E-state index in [1.807, 2.05) is 18.2 Å². The first-order valence-corrected chi connectivity index (χ1v) is 7.30. The maximum Gasteiger partial charge on any atom is 0.114 e. The number of hydrogen-bond acceptors (Lipinski definition) is 3. The smallest absolute Gasteiger partial charge is 0.114 e. The van der Waals surface area contributed by atoms with Crippen LogP contribution in [-0.2, 0) is 6.54 Å². The fourth-order valence-corrected chi connectivity index (χ4v) is 3.46. The lowest BCUT2D eigenvalue weighted by Crippen LogP contribution is -1.97. The van der Waals surface area contributed by atoms with Gasteiger partial charge in [-0.1, -0.05) is 12.1 Å². The van der Waals surface area contributed by atoms with Crippen LogP contribution in [0.25, 0.3) is 21.1 Å².